The molecule has 0 fully saturated rings. The van der Waals surface area contributed by atoms with Gasteiger partial charge >= 0.3 is 0 Å². The number of halogens is 3. The fourth-order valence-corrected chi connectivity index (χ4v) is 4.36. The summed E-state index contributed by atoms with van der Waals surface area (Å²) in [6, 6.07) is 9.34. The molecule has 0 aliphatic heterocycles. The lowest BCUT2D eigenvalue weighted by atomic mass is 10.1. The SMILES string of the molecule is CCC(C(=O)NC)N(Cc1ccccc1Cl)C(=O)CN(c1ccc(F)c(Cl)c1)S(C)(=O)=O. The van der Waals surface area contributed by atoms with E-state index in [1.807, 2.05) is 0 Å². The van der Waals surface area contributed by atoms with Crippen molar-refractivity contribution >= 4 is 50.7 Å². The third kappa shape index (κ3) is 6.34. The molecule has 0 aliphatic rings. The summed E-state index contributed by atoms with van der Waals surface area (Å²) in [5.41, 5.74) is 0.624. The Balaban J connectivity index is 2.46. The predicted octanol–water partition coefficient (Wildman–Crippen LogP) is 3.45. The number of hydrogen-bond donors (Lipinski definition) is 1. The molecule has 11 heteroatoms. The number of nitrogens with one attached hydrogen (secondary N) is 1. The fraction of sp³-hybridized carbons (Fsp3) is 0.333. The third-order valence-electron chi connectivity index (χ3n) is 4.80. The number of carbonyl (C=O) groups is 2. The largest absolute Gasteiger partial charge is 0.357 e. The molecule has 0 spiro atoms. The number of benzene rings is 2. The summed E-state index contributed by atoms with van der Waals surface area (Å²) in [5, 5.41) is 2.64. The summed E-state index contributed by atoms with van der Waals surface area (Å²) in [4.78, 5) is 27.1. The lowest BCUT2D eigenvalue weighted by Gasteiger charge is -2.32. The summed E-state index contributed by atoms with van der Waals surface area (Å²) < 4.78 is 39.3. The first-order valence-electron chi connectivity index (χ1n) is 9.66. The highest BCUT2D eigenvalue weighted by molar-refractivity contribution is 7.92. The van der Waals surface area contributed by atoms with Gasteiger partial charge < -0.3 is 10.2 Å². The average molecular weight is 504 g/mol. The van der Waals surface area contributed by atoms with Crippen LogP contribution in [0.25, 0.3) is 0 Å². The van der Waals surface area contributed by atoms with Crippen molar-refractivity contribution in [3.63, 3.8) is 0 Å². The number of rotatable bonds is 9. The Morgan fingerprint density at radius 2 is 1.78 bits per heavy atom. The predicted molar refractivity (Wildman–Crippen MR) is 124 cm³/mol. The van der Waals surface area contributed by atoms with Crippen LogP contribution in [0.5, 0.6) is 0 Å². The molecule has 1 N–H and O–H groups in total. The first kappa shape index (κ1) is 25.9. The number of anilines is 1. The van der Waals surface area contributed by atoms with Crippen LogP contribution in [0.1, 0.15) is 18.9 Å². The van der Waals surface area contributed by atoms with E-state index in [-0.39, 0.29) is 23.7 Å². The van der Waals surface area contributed by atoms with E-state index in [1.54, 1.807) is 31.2 Å². The molecular formula is C21H24Cl2FN3O4S. The highest BCUT2D eigenvalue weighted by Crippen LogP contribution is 2.25. The Kier molecular flexibility index (Phi) is 8.89. The van der Waals surface area contributed by atoms with Crippen molar-refractivity contribution in [1.29, 1.82) is 0 Å². The normalized spacial score (nSPS) is 12.2. The monoisotopic (exact) mass is 503 g/mol. The van der Waals surface area contributed by atoms with Crippen molar-refractivity contribution in [3.05, 3.63) is 63.9 Å². The highest BCUT2D eigenvalue weighted by Gasteiger charge is 2.31. The van der Waals surface area contributed by atoms with Crippen molar-refractivity contribution < 1.29 is 22.4 Å². The van der Waals surface area contributed by atoms with Crippen LogP contribution in [0.3, 0.4) is 0 Å². The summed E-state index contributed by atoms with van der Waals surface area (Å²) in [5.74, 6) is -1.75. The second-order valence-corrected chi connectivity index (χ2v) is 9.74. The van der Waals surface area contributed by atoms with E-state index in [0.29, 0.717) is 10.6 Å². The zero-order valence-electron chi connectivity index (χ0n) is 17.8. The topological polar surface area (TPSA) is 86.8 Å². The maximum Gasteiger partial charge on any atom is 0.244 e. The van der Waals surface area contributed by atoms with Crippen LogP contribution in [-0.4, -0.2) is 51.0 Å². The van der Waals surface area contributed by atoms with Gasteiger partial charge in [-0.2, -0.15) is 0 Å². The maximum atomic E-state index is 13.6. The first-order valence-corrected chi connectivity index (χ1v) is 12.3. The van der Waals surface area contributed by atoms with E-state index < -0.39 is 40.2 Å². The van der Waals surface area contributed by atoms with Crippen LogP contribution in [0.2, 0.25) is 10.0 Å². The summed E-state index contributed by atoms with van der Waals surface area (Å²) in [6.45, 7) is 1.12. The highest BCUT2D eigenvalue weighted by atomic mass is 35.5. The molecule has 174 valence electrons. The quantitative estimate of drug-likeness (QED) is 0.567. The van der Waals surface area contributed by atoms with E-state index in [0.717, 1.165) is 22.7 Å². The molecule has 0 aliphatic carbocycles. The second kappa shape index (κ2) is 11.0. The molecule has 2 rings (SSSR count). The number of sulfonamides is 1. The van der Waals surface area contributed by atoms with Crippen LogP contribution in [0.15, 0.2) is 42.5 Å². The first-order chi connectivity index (χ1) is 15.0. The molecule has 7 nitrogen and oxygen atoms in total. The lowest BCUT2D eigenvalue weighted by Crippen LogP contribution is -2.51. The van der Waals surface area contributed by atoms with Gasteiger partial charge in [0.15, 0.2) is 0 Å². The number of nitrogens with zero attached hydrogens (tertiary/aromatic N) is 2. The van der Waals surface area contributed by atoms with E-state index in [2.05, 4.69) is 5.32 Å². The Bertz CT molecular complexity index is 1100. The molecule has 0 radical (unpaired) electrons. The Morgan fingerprint density at radius 1 is 1.12 bits per heavy atom. The molecule has 2 aromatic carbocycles. The number of amides is 2. The van der Waals surface area contributed by atoms with Crippen molar-refractivity contribution in [2.45, 2.75) is 25.9 Å². The minimum absolute atomic E-state index is 0.00773. The maximum absolute atomic E-state index is 13.6. The molecule has 2 aromatic rings. The second-order valence-electron chi connectivity index (χ2n) is 7.02. The molecule has 1 atom stereocenters. The number of likely N-dealkylation sites (N-methyl/N-ethyl adjacent to an activating group) is 1. The van der Waals surface area contributed by atoms with Crippen molar-refractivity contribution in [2.75, 3.05) is 24.2 Å². The molecule has 0 aromatic heterocycles. The number of carbonyl (C=O) groups excluding carboxylic acids is 2. The van der Waals surface area contributed by atoms with Gasteiger partial charge in [0, 0.05) is 18.6 Å². The van der Waals surface area contributed by atoms with Gasteiger partial charge in [-0.3, -0.25) is 13.9 Å². The van der Waals surface area contributed by atoms with Gasteiger partial charge in [0.25, 0.3) is 0 Å². The van der Waals surface area contributed by atoms with Crippen LogP contribution < -0.4 is 9.62 Å². The van der Waals surface area contributed by atoms with E-state index in [9.17, 15) is 22.4 Å². The molecule has 0 bridgehead atoms. The summed E-state index contributed by atoms with van der Waals surface area (Å²) in [6.07, 6.45) is 1.21. The van der Waals surface area contributed by atoms with E-state index in [4.69, 9.17) is 23.2 Å². The zero-order chi connectivity index (χ0) is 24.1. The van der Waals surface area contributed by atoms with Crippen molar-refractivity contribution in [2.24, 2.45) is 0 Å². The smallest absolute Gasteiger partial charge is 0.244 e. The van der Waals surface area contributed by atoms with Gasteiger partial charge in [0.2, 0.25) is 21.8 Å². The minimum atomic E-state index is -3.94. The zero-order valence-corrected chi connectivity index (χ0v) is 20.1. The molecule has 0 saturated carbocycles. The van der Waals surface area contributed by atoms with Gasteiger partial charge in [-0.1, -0.05) is 48.3 Å². The standard InChI is InChI=1S/C21H24Cl2FN3O4S/c1-4-19(21(29)25-2)26(12-14-7-5-6-8-16(14)22)20(28)13-27(32(3,30)31)15-9-10-18(24)17(23)11-15/h5-11,19H,4,12-13H2,1-3H3,(H,25,29). The molecule has 0 saturated heterocycles. The Morgan fingerprint density at radius 3 is 2.31 bits per heavy atom. The lowest BCUT2D eigenvalue weighted by molar-refractivity contribution is -0.140. The summed E-state index contributed by atoms with van der Waals surface area (Å²) >= 11 is 12.1. The minimum Gasteiger partial charge on any atom is -0.357 e. The molecule has 2 amide bonds. The van der Waals surface area contributed by atoms with Gasteiger partial charge in [-0.15, -0.1) is 0 Å². The van der Waals surface area contributed by atoms with Crippen LogP contribution in [-0.2, 0) is 26.2 Å². The number of hydrogen-bond acceptors (Lipinski definition) is 4. The average Bonchev–Trinajstić information content (AvgIpc) is 2.74. The third-order valence-corrected chi connectivity index (χ3v) is 6.60. The van der Waals surface area contributed by atoms with Gasteiger partial charge in [0.05, 0.1) is 17.0 Å². The Labute approximate surface area is 197 Å². The van der Waals surface area contributed by atoms with Crippen molar-refractivity contribution in [3.8, 4) is 0 Å². The summed E-state index contributed by atoms with van der Waals surface area (Å²) in [7, 11) is -2.49. The molecular weight excluding hydrogens is 480 g/mol. The molecule has 32 heavy (non-hydrogen) atoms. The van der Waals surface area contributed by atoms with Gasteiger partial charge in [-0.25, -0.2) is 12.8 Å². The Hall–Kier alpha value is -2.36. The molecule has 0 heterocycles. The molecule has 1 unspecified atom stereocenters. The van der Waals surface area contributed by atoms with E-state index >= 15 is 0 Å². The van der Waals surface area contributed by atoms with Crippen molar-refractivity contribution in [1.82, 2.24) is 10.2 Å². The van der Waals surface area contributed by atoms with Gasteiger partial charge in [0.1, 0.15) is 18.4 Å². The van der Waals surface area contributed by atoms with Crippen LogP contribution >= 0.6 is 23.2 Å². The van der Waals surface area contributed by atoms with Crippen LogP contribution in [0.4, 0.5) is 10.1 Å². The van der Waals surface area contributed by atoms with Crippen LogP contribution in [0, 0.1) is 5.82 Å². The van der Waals surface area contributed by atoms with Gasteiger partial charge in [-0.05, 0) is 36.2 Å². The fourth-order valence-electron chi connectivity index (χ4n) is 3.15. The van der Waals surface area contributed by atoms with E-state index in [1.165, 1.54) is 18.0 Å².